The van der Waals surface area contributed by atoms with Crippen molar-refractivity contribution in [2.75, 3.05) is 5.32 Å². The molecule has 2 heterocycles. The summed E-state index contributed by atoms with van der Waals surface area (Å²) < 4.78 is 7.00. The Morgan fingerprint density at radius 1 is 1.43 bits per heavy atom. The summed E-state index contributed by atoms with van der Waals surface area (Å²) in [5.74, 6) is -1.10. The highest BCUT2D eigenvalue weighted by atomic mass is 16.4. The first-order valence-corrected chi connectivity index (χ1v) is 6.53. The van der Waals surface area contributed by atoms with Crippen LogP contribution < -0.4 is 5.32 Å². The third-order valence-electron chi connectivity index (χ3n) is 3.29. The lowest BCUT2D eigenvalue weighted by molar-refractivity contribution is 0.0665. The minimum atomic E-state index is -1.06. The number of aromatic nitrogens is 2. The van der Waals surface area contributed by atoms with Crippen LogP contribution >= 0.6 is 0 Å². The van der Waals surface area contributed by atoms with Gasteiger partial charge in [0.1, 0.15) is 5.58 Å². The summed E-state index contributed by atoms with van der Waals surface area (Å²) in [5.41, 5.74) is 3.54. The maximum absolute atomic E-state index is 10.9. The van der Waals surface area contributed by atoms with Crippen LogP contribution in [0.3, 0.4) is 0 Å². The molecule has 0 spiro atoms. The summed E-state index contributed by atoms with van der Waals surface area (Å²) in [5, 5.41) is 17.3. The number of carbonyl (C=O) groups is 1. The standard InChI is InChI=1S/C15H15N3O3/c1-9-12(8-18(2)17-9)16-7-10-3-4-13-11(5-10)6-14(21-13)15(19)20/h3-6,8,16H,7H2,1-2H3,(H,19,20). The maximum atomic E-state index is 10.9. The topological polar surface area (TPSA) is 80.3 Å². The van der Waals surface area contributed by atoms with E-state index in [1.165, 1.54) is 6.07 Å². The van der Waals surface area contributed by atoms with Crippen molar-refractivity contribution >= 4 is 22.6 Å². The Balaban J connectivity index is 1.81. The molecule has 6 heteroatoms. The molecule has 0 atom stereocenters. The average Bonchev–Trinajstić information content (AvgIpc) is 2.99. The zero-order valence-electron chi connectivity index (χ0n) is 11.8. The van der Waals surface area contributed by atoms with Gasteiger partial charge in [-0.05, 0) is 30.7 Å². The van der Waals surface area contributed by atoms with E-state index in [2.05, 4.69) is 10.4 Å². The molecule has 0 fully saturated rings. The van der Waals surface area contributed by atoms with E-state index < -0.39 is 5.97 Å². The maximum Gasteiger partial charge on any atom is 0.371 e. The number of benzene rings is 1. The minimum absolute atomic E-state index is 0.0433. The summed E-state index contributed by atoms with van der Waals surface area (Å²) in [7, 11) is 1.88. The molecule has 0 amide bonds. The molecule has 3 rings (SSSR count). The summed E-state index contributed by atoms with van der Waals surface area (Å²) in [6, 6.07) is 7.16. The van der Waals surface area contributed by atoms with Crippen molar-refractivity contribution < 1.29 is 14.3 Å². The van der Waals surface area contributed by atoms with Crippen molar-refractivity contribution in [3.8, 4) is 0 Å². The van der Waals surface area contributed by atoms with Crippen molar-refractivity contribution in [1.82, 2.24) is 9.78 Å². The molecule has 6 nitrogen and oxygen atoms in total. The lowest BCUT2D eigenvalue weighted by Crippen LogP contribution is -1.99. The minimum Gasteiger partial charge on any atom is -0.475 e. The number of anilines is 1. The predicted molar refractivity (Wildman–Crippen MR) is 78.4 cm³/mol. The Hall–Kier alpha value is -2.76. The largest absolute Gasteiger partial charge is 0.475 e. The fourth-order valence-corrected chi connectivity index (χ4v) is 2.28. The SMILES string of the molecule is Cc1nn(C)cc1NCc1ccc2oc(C(=O)O)cc2c1. The van der Waals surface area contributed by atoms with Gasteiger partial charge in [-0.3, -0.25) is 4.68 Å². The van der Waals surface area contributed by atoms with Crippen LogP contribution in [0, 0.1) is 6.92 Å². The molecule has 108 valence electrons. The van der Waals surface area contributed by atoms with Crippen LogP contribution in [0.1, 0.15) is 21.8 Å². The molecule has 0 radical (unpaired) electrons. The number of carboxylic acid groups (broad SMARTS) is 1. The van der Waals surface area contributed by atoms with Crippen LogP contribution in [0.5, 0.6) is 0 Å². The summed E-state index contributed by atoms with van der Waals surface area (Å²) in [6.45, 7) is 2.58. The second-order valence-corrected chi connectivity index (χ2v) is 4.94. The van der Waals surface area contributed by atoms with Crippen LogP contribution in [0.4, 0.5) is 5.69 Å². The smallest absolute Gasteiger partial charge is 0.371 e. The third-order valence-corrected chi connectivity index (χ3v) is 3.29. The van der Waals surface area contributed by atoms with Crippen LogP contribution in [-0.2, 0) is 13.6 Å². The normalized spacial score (nSPS) is 11.0. The van der Waals surface area contributed by atoms with Gasteiger partial charge in [0.2, 0.25) is 5.76 Å². The average molecular weight is 285 g/mol. The molecule has 0 aliphatic heterocycles. The monoisotopic (exact) mass is 285 g/mol. The third kappa shape index (κ3) is 2.60. The molecule has 0 bridgehead atoms. The van der Waals surface area contributed by atoms with Gasteiger partial charge in [0.25, 0.3) is 0 Å². The molecule has 2 N–H and O–H groups in total. The number of aryl methyl sites for hydroxylation is 2. The fourth-order valence-electron chi connectivity index (χ4n) is 2.28. The molecule has 0 aliphatic rings. The molecule has 2 aromatic heterocycles. The molecule has 21 heavy (non-hydrogen) atoms. The fraction of sp³-hybridized carbons (Fsp3) is 0.200. The Morgan fingerprint density at radius 3 is 2.90 bits per heavy atom. The molecular weight excluding hydrogens is 270 g/mol. The predicted octanol–water partition coefficient (Wildman–Crippen LogP) is 2.79. The second kappa shape index (κ2) is 4.97. The van der Waals surface area contributed by atoms with E-state index in [0.29, 0.717) is 12.1 Å². The first-order chi connectivity index (χ1) is 10.0. The van der Waals surface area contributed by atoms with Gasteiger partial charge in [-0.25, -0.2) is 4.79 Å². The number of nitrogens with one attached hydrogen (secondary N) is 1. The molecular formula is C15H15N3O3. The molecule has 0 unspecified atom stereocenters. The van der Waals surface area contributed by atoms with Crippen molar-refractivity contribution in [3.05, 3.63) is 47.5 Å². The van der Waals surface area contributed by atoms with Gasteiger partial charge in [-0.2, -0.15) is 5.10 Å². The Kier molecular flexibility index (Phi) is 3.13. The molecule has 0 saturated carbocycles. The number of furan rings is 1. The number of rotatable bonds is 4. The first-order valence-electron chi connectivity index (χ1n) is 6.53. The highest BCUT2D eigenvalue weighted by Gasteiger charge is 2.10. The van der Waals surface area contributed by atoms with Crippen molar-refractivity contribution in [1.29, 1.82) is 0 Å². The molecule has 0 aliphatic carbocycles. The Morgan fingerprint density at radius 2 is 2.24 bits per heavy atom. The first kappa shape index (κ1) is 13.2. The van der Waals surface area contributed by atoms with Crippen molar-refractivity contribution in [2.24, 2.45) is 7.05 Å². The van der Waals surface area contributed by atoms with Gasteiger partial charge < -0.3 is 14.8 Å². The van der Waals surface area contributed by atoms with Gasteiger partial charge in [-0.1, -0.05) is 6.07 Å². The molecule has 0 saturated heterocycles. The van der Waals surface area contributed by atoms with Crippen LogP contribution in [0.25, 0.3) is 11.0 Å². The summed E-state index contributed by atoms with van der Waals surface area (Å²) in [6.07, 6.45) is 1.92. The number of fused-ring (bicyclic) bond motifs is 1. The van der Waals surface area contributed by atoms with Gasteiger partial charge in [0.15, 0.2) is 0 Å². The van der Waals surface area contributed by atoms with Crippen LogP contribution in [0.15, 0.2) is 34.9 Å². The Labute approximate surface area is 121 Å². The van der Waals surface area contributed by atoms with Gasteiger partial charge >= 0.3 is 5.97 Å². The lowest BCUT2D eigenvalue weighted by atomic mass is 10.1. The summed E-state index contributed by atoms with van der Waals surface area (Å²) >= 11 is 0. The number of hydrogen-bond donors (Lipinski definition) is 2. The van der Waals surface area contributed by atoms with Gasteiger partial charge in [0.05, 0.1) is 11.4 Å². The lowest BCUT2D eigenvalue weighted by Gasteiger charge is -2.04. The molecule has 3 aromatic rings. The van der Waals surface area contributed by atoms with Crippen molar-refractivity contribution in [3.63, 3.8) is 0 Å². The summed E-state index contributed by atoms with van der Waals surface area (Å²) in [4.78, 5) is 10.9. The van der Waals surface area contributed by atoms with Crippen LogP contribution in [0.2, 0.25) is 0 Å². The Bertz CT molecular complexity index is 817. The van der Waals surface area contributed by atoms with E-state index in [1.807, 2.05) is 32.3 Å². The highest BCUT2D eigenvalue weighted by molar-refractivity contribution is 5.91. The van der Waals surface area contributed by atoms with E-state index in [-0.39, 0.29) is 5.76 Å². The van der Waals surface area contributed by atoms with E-state index in [0.717, 1.165) is 22.3 Å². The van der Waals surface area contributed by atoms with E-state index in [1.54, 1.807) is 10.7 Å². The quantitative estimate of drug-likeness (QED) is 0.770. The van der Waals surface area contributed by atoms with Gasteiger partial charge in [-0.15, -0.1) is 0 Å². The van der Waals surface area contributed by atoms with E-state index in [9.17, 15) is 4.79 Å². The zero-order chi connectivity index (χ0) is 15.0. The zero-order valence-corrected chi connectivity index (χ0v) is 11.8. The van der Waals surface area contributed by atoms with Gasteiger partial charge in [0, 0.05) is 25.2 Å². The molecule has 1 aromatic carbocycles. The highest BCUT2D eigenvalue weighted by Crippen LogP contribution is 2.22. The van der Waals surface area contributed by atoms with Crippen molar-refractivity contribution in [2.45, 2.75) is 13.5 Å². The van der Waals surface area contributed by atoms with Crippen LogP contribution in [-0.4, -0.2) is 20.9 Å². The van der Waals surface area contributed by atoms with E-state index >= 15 is 0 Å². The number of carboxylic acids is 1. The number of nitrogens with zero attached hydrogens (tertiary/aromatic N) is 2. The second-order valence-electron chi connectivity index (χ2n) is 4.94. The number of aromatic carboxylic acids is 1. The van der Waals surface area contributed by atoms with E-state index in [4.69, 9.17) is 9.52 Å². The number of hydrogen-bond acceptors (Lipinski definition) is 4.